The summed E-state index contributed by atoms with van der Waals surface area (Å²) in [4.78, 5) is 42.9. The van der Waals surface area contributed by atoms with Crippen LogP contribution in [0.4, 0.5) is 5.69 Å². The van der Waals surface area contributed by atoms with Crippen LogP contribution in [0, 0.1) is 6.92 Å². The Kier molecular flexibility index (Phi) is 6.80. The summed E-state index contributed by atoms with van der Waals surface area (Å²) in [5.74, 6) is -0.162. The summed E-state index contributed by atoms with van der Waals surface area (Å²) in [6.07, 6.45) is 1.31. The van der Waals surface area contributed by atoms with E-state index in [4.69, 9.17) is 9.47 Å². The highest BCUT2D eigenvalue weighted by molar-refractivity contribution is 7.20. The van der Waals surface area contributed by atoms with Crippen LogP contribution >= 0.6 is 11.3 Å². The molecule has 0 radical (unpaired) electrons. The summed E-state index contributed by atoms with van der Waals surface area (Å²) in [5, 5.41) is 5.80. The molecule has 0 atom stereocenters. The maximum atomic E-state index is 12.9. The van der Waals surface area contributed by atoms with Gasteiger partial charge in [0, 0.05) is 13.7 Å². The lowest BCUT2D eigenvalue weighted by Crippen LogP contribution is -2.28. The Morgan fingerprint density at radius 1 is 1.23 bits per heavy atom. The van der Waals surface area contributed by atoms with Crippen molar-refractivity contribution in [3.8, 4) is 5.75 Å². The van der Waals surface area contributed by atoms with Crippen molar-refractivity contribution >= 4 is 39.1 Å². The summed E-state index contributed by atoms with van der Waals surface area (Å²) in [6, 6.07) is 6.99. The van der Waals surface area contributed by atoms with Gasteiger partial charge in [0.15, 0.2) is 0 Å². The number of anilines is 1. The number of amides is 2. The third kappa shape index (κ3) is 4.50. The van der Waals surface area contributed by atoms with Crippen molar-refractivity contribution in [3.63, 3.8) is 0 Å². The molecule has 0 aliphatic carbocycles. The summed E-state index contributed by atoms with van der Waals surface area (Å²) in [7, 11) is 3.06. The highest BCUT2D eigenvalue weighted by Crippen LogP contribution is 2.27. The number of hydrogen-bond acceptors (Lipinski definition) is 7. The van der Waals surface area contributed by atoms with Gasteiger partial charge in [-0.1, -0.05) is 12.1 Å². The molecule has 0 aliphatic heterocycles. The zero-order chi connectivity index (χ0) is 21.7. The molecule has 158 valence electrons. The predicted molar refractivity (Wildman–Crippen MR) is 114 cm³/mol. The Labute approximate surface area is 176 Å². The average Bonchev–Trinajstić information content (AvgIpc) is 3.08. The number of nitrogens with one attached hydrogen (secondary N) is 2. The van der Waals surface area contributed by atoms with E-state index >= 15 is 0 Å². The first kappa shape index (κ1) is 21.5. The van der Waals surface area contributed by atoms with E-state index < -0.39 is 5.91 Å². The minimum atomic E-state index is -0.395. The first-order chi connectivity index (χ1) is 14.5. The molecule has 30 heavy (non-hydrogen) atoms. The Hall–Kier alpha value is -3.24. The number of ether oxygens (including phenoxy) is 2. The number of fused-ring (bicyclic) bond motifs is 1. The number of aromatic nitrogens is 2. The summed E-state index contributed by atoms with van der Waals surface area (Å²) in [5.41, 5.74) is 0.676. The average molecular weight is 430 g/mol. The number of benzene rings is 1. The van der Waals surface area contributed by atoms with Gasteiger partial charge in [-0.15, -0.1) is 11.3 Å². The van der Waals surface area contributed by atoms with Gasteiger partial charge < -0.3 is 20.1 Å². The Morgan fingerprint density at radius 2 is 2.00 bits per heavy atom. The number of thiophene rings is 1. The van der Waals surface area contributed by atoms with Crippen molar-refractivity contribution in [2.75, 3.05) is 32.7 Å². The summed E-state index contributed by atoms with van der Waals surface area (Å²) in [6.45, 7) is 2.24. The van der Waals surface area contributed by atoms with Crippen LogP contribution in [0.3, 0.4) is 0 Å². The largest absolute Gasteiger partial charge is 0.495 e. The van der Waals surface area contributed by atoms with E-state index in [1.54, 1.807) is 38.3 Å². The first-order valence-electron chi connectivity index (χ1n) is 9.14. The molecule has 2 amide bonds. The molecule has 2 aromatic heterocycles. The van der Waals surface area contributed by atoms with Crippen molar-refractivity contribution in [1.29, 1.82) is 0 Å². The molecule has 0 bridgehead atoms. The molecule has 0 unspecified atom stereocenters. The molecular weight excluding hydrogens is 408 g/mol. The van der Waals surface area contributed by atoms with Crippen LogP contribution in [0.2, 0.25) is 0 Å². The minimum Gasteiger partial charge on any atom is -0.495 e. The van der Waals surface area contributed by atoms with Crippen molar-refractivity contribution in [2.24, 2.45) is 0 Å². The molecule has 0 saturated carbocycles. The molecule has 0 spiro atoms. The number of aryl methyl sites for hydroxylation is 1. The van der Waals surface area contributed by atoms with Crippen molar-refractivity contribution in [2.45, 2.75) is 13.5 Å². The molecule has 0 saturated heterocycles. The predicted octanol–water partition coefficient (Wildman–Crippen LogP) is 1.79. The van der Waals surface area contributed by atoms with Crippen molar-refractivity contribution in [3.05, 3.63) is 51.4 Å². The van der Waals surface area contributed by atoms with Gasteiger partial charge in [-0.05, 0) is 24.6 Å². The van der Waals surface area contributed by atoms with Gasteiger partial charge in [-0.2, -0.15) is 0 Å². The van der Waals surface area contributed by atoms with Gasteiger partial charge >= 0.3 is 0 Å². The molecule has 0 fully saturated rings. The van der Waals surface area contributed by atoms with Gasteiger partial charge in [-0.25, -0.2) is 4.98 Å². The highest BCUT2D eigenvalue weighted by Gasteiger charge is 2.20. The fourth-order valence-electron chi connectivity index (χ4n) is 2.93. The Bertz CT molecular complexity index is 1140. The number of carbonyl (C=O) groups excluding carboxylic acids is 2. The smallest absolute Gasteiger partial charge is 0.262 e. The third-order valence-electron chi connectivity index (χ3n) is 4.41. The van der Waals surface area contributed by atoms with E-state index in [2.05, 4.69) is 15.6 Å². The van der Waals surface area contributed by atoms with Gasteiger partial charge in [0.2, 0.25) is 5.91 Å². The number of para-hydroxylation sites is 2. The second kappa shape index (κ2) is 9.51. The maximum Gasteiger partial charge on any atom is 0.262 e. The second-order valence-electron chi connectivity index (χ2n) is 6.41. The zero-order valence-corrected chi connectivity index (χ0v) is 17.7. The normalized spacial score (nSPS) is 10.8. The standard InChI is InChI=1S/C20H22N4O5S/c1-12-16-19(30-17(12)18(26)21-8-9-28-2)22-11-24(20(16)27)10-15(25)23-13-6-4-5-7-14(13)29-3/h4-7,11H,8-10H2,1-3H3,(H,21,26)(H,23,25). The first-order valence-corrected chi connectivity index (χ1v) is 9.96. The quantitative estimate of drug-likeness (QED) is 0.527. The highest BCUT2D eigenvalue weighted by atomic mass is 32.1. The fourth-order valence-corrected chi connectivity index (χ4v) is 3.98. The second-order valence-corrected chi connectivity index (χ2v) is 7.41. The maximum absolute atomic E-state index is 12.9. The van der Waals surface area contributed by atoms with Crippen molar-refractivity contribution < 1.29 is 19.1 Å². The lowest BCUT2D eigenvalue weighted by Gasteiger charge is -2.10. The number of hydrogen-bond donors (Lipinski definition) is 2. The van der Waals surface area contributed by atoms with E-state index in [0.717, 1.165) is 11.3 Å². The third-order valence-corrected chi connectivity index (χ3v) is 5.61. The number of nitrogens with zero attached hydrogens (tertiary/aromatic N) is 2. The van der Waals surface area contributed by atoms with E-state index in [1.807, 2.05) is 0 Å². The summed E-state index contributed by atoms with van der Waals surface area (Å²) >= 11 is 1.14. The number of rotatable bonds is 8. The van der Waals surface area contributed by atoms with Gasteiger partial charge in [0.1, 0.15) is 17.1 Å². The van der Waals surface area contributed by atoms with Crippen LogP contribution in [-0.4, -0.2) is 48.7 Å². The topological polar surface area (TPSA) is 112 Å². The monoisotopic (exact) mass is 430 g/mol. The molecule has 2 N–H and O–H groups in total. The number of carbonyl (C=O) groups is 2. The van der Waals surface area contributed by atoms with Gasteiger partial charge in [0.25, 0.3) is 11.5 Å². The van der Waals surface area contributed by atoms with E-state index in [-0.39, 0.29) is 18.0 Å². The molecule has 3 aromatic rings. The molecule has 0 aliphatic rings. The van der Waals surface area contributed by atoms with Gasteiger partial charge in [0.05, 0.1) is 36.0 Å². The molecule has 3 rings (SSSR count). The van der Waals surface area contributed by atoms with Crippen LogP contribution in [0.1, 0.15) is 15.2 Å². The van der Waals surface area contributed by atoms with Crippen LogP contribution in [0.25, 0.3) is 10.2 Å². The Balaban J connectivity index is 1.83. The lowest BCUT2D eigenvalue weighted by atomic mass is 10.2. The molecular formula is C20H22N4O5S. The molecule has 1 aromatic carbocycles. The lowest BCUT2D eigenvalue weighted by molar-refractivity contribution is -0.116. The van der Waals surface area contributed by atoms with Crippen LogP contribution in [0.15, 0.2) is 35.4 Å². The molecule has 10 heteroatoms. The Morgan fingerprint density at radius 3 is 2.73 bits per heavy atom. The van der Waals surface area contributed by atoms with E-state index in [1.165, 1.54) is 18.0 Å². The SMILES string of the molecule is COCCNC(=O)c1sc2ncn(CC(=O)Nc3ccccc3OC)c(=O)c2c1C. The van der Waals surface area contributed by atoms with E-state index in [0.29, 0.717) is 45.2 Å². The molecule has 2 heterocycles. The number of methoxy groups -OCH3 is 2. The fraction of sp³-hybridized carbons (Fsp3) is 0.300. The van der Waals surface area contributed by atoms with Crippen LogP contribution in [-0.2, 0) is 16.1 Å². The zero-order valence-electron chi connectivity index (χ0n) is 16.9. The van der Waals surface area contributed by atoms with Crippen molar-refractivity contribution in [1.82, 2.24) is 14.9 Å². The minimum absolute atomic E-state index is 0.218. The van der Waals surface area contributed by atoms with Crippen LogP contribution in [0.5, 0.6) is 5.75 Å². The van der Waals surface area contributed by atoms with E-state index in [9.17, 15) is 14.4 Å². The summed E-state index contributed by atoms with van der Waals surface area (Å²) < 4.78 is 11.4. The van der Waals surface area contributed by atoms with Crippen LogP contribution < -0.4 is 20.9 Å². The molecule has 9 nitrogen and oxygen atoms in total. The van der Waals surface area contributed by atoms with Gasteiger partial charge in [-0.3, -0.25) is 19.0 Å².